The van der Waals surface area contributed by atoms with Gasteiger partial charge >= 0.3 is 0 Å². The molecule has 3 rings (SSSR count). The Bertz CT molecular complexity index is 708. The molecule has 1 aliphatic heterocycles. The van der Waals surface area contributed by atoms with Crippen LogP contribution in [0.1, 0.15) is 48.9 Å². The predicted molar refractivity (Wildman–Crippen MR) is 110 cm³/mol. The highest BCUT2D eigenvalue weighted by Gasteiger charge is 2.31. The number of nitrogens with zero attached hydrogens (tertiary/aromatic N) is 1. The van der Waals surface area contributed by atoms with Gasteiger partial charge in [0.25, 0.3) is 5.91 Å². The van der Waals surface area contributed by atoms with E-state index in [1.807, 2.05) is 0 Å². The normalized spacial score (nSPS) is 24.0. The van der Waals surface area contributed by atoms with Crippen LogP contribution < -0.4 is 10.6 Å². The van der Waals surface area contributed by atoms with Crippen LogP contribution in [-0.4, -0.2) is 59.6 Å². The van der Waals surface area contributed by atoms with Crippen LogP contribution in [0, 0.1) is 0 Å². The maximum atomic E-state index is 12.2. The lowest BCUT2D eigenvalue weighted by Crippen LogP contribution is -2.53. The molecule has 1 saturated carbocycles. The third-order valence-corrected chi connectivity index (χ3v) is 6.19. The number of amides is 2. The summed E-state index contributed by atoms with van der Waals surface area (Å²) in [5.74, 6) is -0.618. The monoisotopic (exact) mass is 427 g/mol. The Morgan fingerprint density at radius 3 is 2.50 bits per heavy atom. The van der Waals surface area contributed by atoms with Crippen LogP contribution in [0.5, 0.6) is 0 Å². The lowest BCUT2D eigenvalue weighted by atomic mass is 9.89. The number of piperidine rings is 1. The second-order valence-electron chi connectivity index (χ2n) is 7.60. The summed E-state index contributed by atoms with van der Waals surface area (Å²) in [5, 5.41) is 16.5. The molecule has 6 nitrogen and oxygen atoms in total. The molecule has 2 aliphatic rings. The number of aliphatic hydroxyl groups is 1. The Kier molecular flexibility index (Phi) is 7.57. The van der Waals surface area contributed by atoms with Crippen LogP contribution >= 0.6 is 23.2 Å². The van der Waals surface area contributed by atoms with Gasteiger partial charge in [-0.3, -0.25) is 14.5 Å². The third kappa shape index (κ3) is 5.60. The van der Waals surface area contributed by atoms with E-state index in [1.54, 1.807) is 6.07 Å². The molecule has 2 amide bonds. The highest BCUT2D eigenvalue weighted by molar-refractivity contribution is 6.36. The van der Waals surface area contributed by atoms with Crippen molar-refractivity contribution in [3.05, 3.63) is 33.8 Å². The van der Waals surface area contributed by atoms with Gasteiger partial charge in [-0.2, -0.15) is 0 Å². The number of aliphatic hydroxyl groups excluding tert-OH is 1. The molecular weight excluding hydrogens is 401 g/mol. The van der Waals surface area contributed by atoms with Crippen molar-refractivity contribution in [2.45, 2.75) is 56.7 Å². The van der Waals surface area contributed by atoms with Crippen molar-refractivity contribution in [3.8, 4) is 0 Å². The van der Waals surface area contributed by atoms with Gasteiger partial charge in [0.05, 0.1) is 23.2 Å². The third-order valence-electron chi connectivity index (χ3n) is 5.64. The van der Waals surface area contributed by atoms with E-state index in [0.29, 0.717) is 10.6 Å². The second-order valence-corrected chi connectivity index (χ2v) is 8.45. The molecule has 154 valence electrons. The van der Waals surface area contributed by atoms with Gasteiger partial charge < -0.3 is 15.7 Å². The Hall–Kier alpha value is -1.34. The fourth-order valence-electron chi connectivity index (χ4n) is 4.10. The molecule has 1 heterocycles. The Morgan fingerprint density at radius 1 is 1.11 bits per heavy atom. The number of rotatable bonds is 5. The number of nitrogens with one attached hydrogen (secondary N) is 2. The standard InChI is InChI=1S/C20H27Cl2N3O3/c21-13-5-6-15(16(22)11-13)20(28)23-12-19(27)24-14-7-9-25(10-8-14)17-3-1-2-4-18(17)26/h5-6,11,14,17-18,26H,1-4,7-10,12H2,(H,23,28)(H,24,27)/t17-,18-/m0/s1. The first-order valence-corrected chi connectivity index (χ1v) is 10.6. The zero-order valence-corrected chi connectivity index (χ0v) is 17.3. The minimum absolute atomic E-state index is 0.0977. The van der Waals surface area contributed by atoms with Crippen LogP contribution in [0.2, 0.25) is 10.0 Å². The molecule has 3 N–H and O–H groups in total. The largest absolute Gasteiger partial charge is 0.391 e. The summed E-state index contributed by atoms with van der Waals surface area (Å²) in [4.78, 5) is 26.7. The van der Waals surface area contributed by atoms with Gasteiger partial charge in [-0.25, -0.2) is 0 Å². The molecule has 1 aromatic carbocycles. The van der Waals surface area contributed by atoms with Crippen molar-refractivity contribution in [2.24, 2.45) is 0 Å². The van der Waals surface area contributed by atoms with Gasteiger partial charge in [0.2, 0.25) is 5.91 Å². The number of halogens is 2. The predicted octanol–water partition coefficient (Wildman–Crippen LogP) is 2.61. The molecule has 0 aromatic heterocycles. The van der Waals surface area contributed by atoms with Crippen LogP contribution in [0.15, 0.2) is 18.2 Å². The zero-order valence-electron chi connectivity index (χ0n) is 15.8. The minimum atomic E-state index is -0.405. The van der Waals surface area contributed by atoms with E-state index in [4.69, 9.17) is 23.2 Å². The maximum absolute atomic E-state index is 12.2. The van der Waals surface area contributed by atoms with Crippen molar-refractivity contribution < 1.29 is 14.7 Å². The summed E-state index contributed by atoms with van der Waals surface area (Å²) in [6, 6.07) is 4.97. The van der Waals surface area contributed by atoms with Gasteiger partial charge in [0.1, 0.15) is 0 Å². The van der Waals surface area contributed by atoms with Gasteiger partial charge in [0.15, 0.2) is 0 Å². The Morgan fingerprint density at radius 2 is 1.82 bits per heavy atom. The number of carbonyl (C=O) groups excluding carboxylic acids is 2. The van der Waals surface area contributed by atoms with Crippen LogP contribution in [-0.2, 0) is 4.79 Å². The molecule has 2 fully saturated rings. The van der Waals surface area contributed by atoms with Gasteiger partial charge in [-0.15, -0.1) is 0 Å². The summed E-state index contributed by atoms with van der Waals surface area (Å²) >= 11 is 11.8. The van der Waals surface area contributed by atoms with E-state index in [9.17, 15) is 14.7 Å². The average molecular weight is 428 g/mol. The Labute approximate surface area is 175 Å². The molecular formula is C20H27Cl2N3O3. The van der Waals surface area contributed by atoms with Gasteiger partial charge in [-0.05, 0) is 43.9 Å². The van der Waals surface area contributed by atoms with E-state index in [2.05, 4.69) is 15.5 Å². The fraction of sp³-hybridized carbons (Fsp3) is 0.600. The molecule has 28 heavy (non-hydrogen) atoms. The topological polar surface area (TPSA) is 81.7 Å². The van der Waals surface area contributed by atoms with E-state index in [1.165, 1.54) is 18.6 Å². The quantitative estimate of drug-likeness (QED) is 0.674. The summed E-state index contributed by atoms with van der Waals surface area (Å²) in [7, 11) is 0. The van der Waals surface area contributed by atoms with Crippen molar-refractivity contribution in [2.75, 3.05) is 19.6 Å². The molecule has 0 radical (unpaired) electrons. The lowest BCUT2D eigenvalue weighted by molar-refractivity contribution is -0.121. The SMILES string of the molecule is O=C(CNC(=O)c1ccc(Cl)cc1Cl)NC1CCN([C@H]2CCCC[C@@H]2O)CC1. The summed E-state index contributed by atoms with van der Waals surface area (Å²) in [6.45, 7) is 1.65. The number of hydrogen-bond donors (Lipinski definition) is 3. The van der Waals surface area contributed by atoms with Crippen molar-refractivity contribution >= 4 is 35.0 Å². The van der Waals surface area contributed by atoms with Crippen molar-refractivity contribution in [1.29, 1.82) is 0 Å². The molecule has 0 bridgehead atoms. The molecule has 1 aliphatic carbocycles. The van der Waals surface area contributed by atoms with E-state index in [-0.39, 0.29) is 35.7 Å². The van der Waals surface area contributed by atoms with Gasteiger partial charge in [0, 0.05) is 30.2 Å². The first-order chi connectivity index (χ1) is 13.4. The molecule has 0 unspecified atom stereocenters. The van der Waals surface area contributed by atoms with Crippen LogP contribution in [0.25, 0.3) is 0 Å². The van der Waals surface area contributed by atoms with Crippen LogP contribution in [0.4, 0.5) is 0 Å². The number of likely N-dealkylation sites (tertiary alicyclic amines) is 1. The summed E-state index contributed by atoms with van der Waals surface area (Å²) < 4.78 is 0. The maximum Gasteiger partial charge on any atom is 0.253 e. The number of hydrogen-bond acceptors (Lipinski definition) is 4. The van der Waals surface area contributed by atoms with E-state index in [0.717, 1.165) is 45.2 Å². The molecule has 0 spiro atoms. The average Bonchev–Trinajstić information content (AvgIpc) is 2.67. The highest BCUT2D eigenvalue weighted by atomic mass is 35.5. The molecule has 1 aromatic rings. The van der Waals surface area contributed by atoms with Crippen LogP contribution in [0.3, 0.4) is 0 Å². The highest BCUT2D eigenvalue weighted by Crippen LogP contribution is 2.26. The van der Waals surface area contributed by atoms with Crippen molar-refractivity contribution in [3.63, 3.8) is 0 Å². The van der Waals surface area contributed by atoms with Gasteiger partial charge in [-0.1, -0.05) is 36.0 Å². The smallest absolute Gasteiger partial charge is 0.253 e. The first kappa shape index (κ1) is 21.4. The molecule has 8 heteroatoms. The minimum Gasteiger partial charge on any atom is -0.391 e. The summed E-state index contributed by atoms with van der Waals surface area (Å²) in [6.07, 6.45) is 5.70. The first-order valence-electron chi connectivity index (χ1n) is 9.89. The fourth-order valence-corrected chi connectivity index (χ4v) is 4.60. The van der Waals surface area contributed by atoms with Crippen molar-refractivity contribution in [1.82, 2.24) is 15.5 Å². The zero-order chi connectivity index (χ0) is 20.1. The van der Waals surface area contributed by atoms with E-state index < -0.39 is 5.91 Å². The molecule has 1 saturated heterocycles. The second kappa shape index (κ2) is 9.92. The summed E-state index contributed by atoms with van der Waals surface area (Å²) in [5.41, 5.74) is 0.290. The Balaban J connectivity index is 1.40. The number of carbonyl (C=O) groups is 2. The van der Waals surface area contributed by atoms with E-state index >= 15 is 0 Å². The lowest BCUT2D eigenvalue weighted by Gasteiger charge is -2.41. The number of benzene rings is 1. The molecule has 2 atom stereocenters.